The van der Waals surface area contributed by atoms with Crippen LogP contribution in [0, 0.1) is 10.1 Å². The minimum absolute atomic E-state index is 0.105. The Morgan fingerprint density at radius 2 is 2.13 bits per heavy atom. The summed E-state index contributed by atoms with van der Waals surface area (Å²) in [5.41, 5.74) is 0.0552. The van der Waals surface area contributed by atoms with Crippen LogP contribution in [0.25, 0.3) is 10.2 Å². The maximum Gasteiger partial charge on any atom is 0.292 e. The molecule has 2 heterocycles. The summed E-state index contributed by atoms with van der Waals surface area (Å²) in [4.78, 5) is 31.6. The van der Waals surface area contributed by atoms with Crippen molar-refractivity contribution in [2.24, 2.45) is 0 Å². The van der Waals surface area contributed by atoms with Crippen LogP contribution in [0.15, 0.2) is 47.1 Å². The summed E-state index contributed by atoms with van der Waals surface area (Å²) < 4.78 is 0. The van der Waals surface area contributed by atoms with Gasteiger partial charge in [0.25, 0.3) is 5.69 Å². The van der Waals surface area contributed by atoms with Gasteiger partial charge in [-0.15, -0.1) is 11.3 Å². The molecule has 0 fully saturated rings. The van der Waals surface area contributed by atoms with Crippen molar-refractivity contribution in [2.75, 3.05) is 11.1 Å². The number of nitro groups is 1. The number of nitro benzene ring substituents is 1. The molecule has 0 aliphatic carbocycles. The van der Waals surface area contributed by atoms with Gasteiger partial charge in [0.1, 0.15) is 21.9 Å². The van der Waals surface area contributed by atoms with Gasteiger partial charge < -0.3 is 5.32 Å². The van der Waals surface area contributed by atoms with Crippen LogP contribution < -0.4 is 5.32 Å². The summed E-state index contributed by atoms with van der Waals surface area (Å²) in [6.45, 7) is 0. The molecule has 3 aromatic rings. The number of nitrogens with zero attached hydrogens (tertiary/aromatic N) is 3. The number of nitrogens with one attached hydrogen (secondary N) is 1. The van der Waals surface area contributed by atoms with E-state index in [0.29, 0.717) is 5.03 Å². The number of para-hydroxylation sites is 2. The number of benzene rings is 1. The van der Waals surface area contributed by atoms with E-state index < -0.39 is 4.92 Å². The highest BCUT2D eigenvalue weighted by Gasteiger charge is 2.15. The molecule has 0 unspecified atom stereocenters. The van der Waals surface area contributed by atoms with Crippen LogP contribution in [0.5, 0.6) is 0 Å². The average Bonchev–Trinajstić information content (AvgIpc) is 3.02. The normalized spacial score (nSPS) is 10.6. The Labute approximate surface area is 138 Å². The minimum Gasteiger partial charge on any atom is -0.320 e. The number of fused-ring (bicyclic) bond motifs is 1. The predicted molar refractivity (Wildman–Crippen MR) is 89.9 cm³/mol. The zero-order valence-corrected chi connectivity index (χ0v) is 13.3. The van der Waals surface area contributed by atoms with E-state index >= 15 is 0 Å². The van der Waals surface area contributed by atoms with Crippen LogP contribution in [0.2, 0.25) is 0 Å². The molecular weight excluding hydrogens is 336 g/mol. The molecule has 0 atom stereocenters. The summed E-state index contributed by atoms with van der Waals surface area (Å²) in [5.74, 6) is -0.222. The van der Waals surface area contributed by atoms with Crippen molar-refractivity contribution in [1.29, 1.82) is 0 Å². The molecule has 3 rings (SSSR count). The van der Waals surface area contributed by atoms with Gasteiger partial charge in [-0.25, -0.2) is 9.97 Å². The minimum atomic E-state index is -0.526. The predicted octanol–water partition coefficient (Wildman–Crippen LogP) is 3.33. The number of hydrogen-bond donors (Lipinski definition) is 1. The summed E-state index contributed by atoms with van der Waals surface area (Å²) in [6, 6.07) is 7.94. The summed E-state index contributed by atoms with van der Waals surface area (Å²) >= 11 is 2.77. The maximum absolute atomic E-state index is 12.0. The van der Waals surface area contributed by atoms with Crippen molar-refractivity contribution >= 4 is 50.6 Å². The lowest BCUT2D eigenvalue weighted by Crippen LogP contribution is -2.15. The Morgan fingerprint density at radius 3 is 2.96 bits per heavy atom. The number of carbonyl (C=O) groups is 1. The van der Waals surface area contributed by atoms with E-state index in [4.69, 9.17) is 0 Å². The largest absolute Gasteiger partial charge is 0.320 e. The van der Waals surface area contributed by atoms with Crippen molar-refractivity contribution in [1.82, 2.24) is 9.97 Å². The van der Waals surface area contributed by atoms with E-state index in [1.165, 1.54) is 41.6 Å². The van der Waals surface area contributed by atoms with Gasteiger partial charge in [0, 0.05) is 11.5 Å². The summed E-state index contributed by atoms with van der Waals surface area (Å²) in [7, 11) is 0. The first-order valence-electron chi connectivity index (χ1n) is 6.49. The first-order valence-corrected chi connectivity index (χ1v) is 8.36. The van der Waals surface area contributed by atoms with Gasteiger partial charge in [0.05, 0.1) is 10.7 Å². The van der Waals surface area contributed by atoms with E-state index in [0.717, 1.165) is 10.2 Å². The molecule has 1 N–H and O–H groups in total. The lowest BCUT2D eigenvalue weighted by molar-refractivity contribution is -0.383. The van der Waals surface area contributed by atoms with E-state index in [2.05, 4.69) is 15.3 Å². The topological polar surface area (TPSA) is 98.0 Å². The van der Waals surface area contributed by atoms with E-state index in [9.17, 15) is 14.9 Å². The van der Waals surface area contributed by atoms with E-state index in [-0.39, 0.29) is 23.0 Å². The Morgan fingerprint density at radius 1 is 1.30 bits per heavy atom. The number of thioether (sulfide) groups is 1. The van der Waals surface area contributed by atoms with Crippen molar-refractivity contribution in [3.63, 3.8) is 0 Å². The third-order valence-corrected chi connectivity index (χ3v) is 4.77. The molecule has 23 heavy (non-hydrogen) atoms. The zero-order valence-electron chi connectivity index (χ0n) is 11.6. The van der Waals surface area contributed by atoms with E-state index in [1.54, 1.807) is 12.1 Å². The molecule has 0 aliphatic rings. The maximum atomic E-state index is 12.0. The fourth-order valence-corrected chi connectivity index (χ4v) is 3.52. The smallest absolute Gasteiger partial charge is 0.292 e. The average molecular weight is 346 g/mol. The fraction of sp³-hybridized carbons (Fsp3) is 0.0714. The second-order valence-corrected chi connectivity index (χ2v) is 6.29. The number of anilines is 1. The van der Waals surface area contributed by atoms with Crippen LogP contribution in [0.1, 0.15) is 0 Å². The highest BCUT2D eigenvalue weighted by Crippen LogP contribution is 2.28. The Kier molecular flexibility index (Phi) is 4.49. The molecule has 1 amide bonds. The molecule has 0 radical (unpaired) electrons. The van der Waals surface area contributed by atoms with E-state index in [1.807, 2.05) is 11.4 Å². The molecule has 9 heteroatoms. The lowest BCUT2D eigenvalue weighted by Gasteiger charge is -2.05. The zero-order chi connectivity index (χ0) is 16.2. The molecule has 0 bridgehead atoms. The first kappa shape index (κ1) is 15.4. The SMILES string of the molecule is O=C(CSc1ncnc2sccc12)Nc1ccccc1[N+](=O)[O-]. The first-order chi connectivity index (χ1) is 11.1. The molecule has 2 aromatic heterocycles. The molecule has 116 valence electrons. The standard InChI is InChI=1S/C14H10N4O3S2/c19-12(17-10-3-1-2-4-11(10)18(20)21)7-23-14-9-5-6-22-13(9)15-8-16-14/h1-6,8H,7H2,(H,17,19). The number of aromatic nitrogens is 2. The van der Waals surface area contributed by atoms with Crippen molar-refractivity contribution in [3.8, 4) is 0 Å². The molecule has 1 aromatic carbocycles. The van der Waals surface area contributed by atoms with Crippen molar-refractivity contribution < 1.29 is 9.72 Å². The Hall–Kier alpha value is -2.52. The highest BCUT2D eigenvalue weighted by atomic mass is 32.2. The molecular formula is C14H10N4O3S2. The van der Waals surface area contributed by atoms with Gasteiger partial charge in [-0.3, -0.25) is 14.9 Å². The van der Waals surface area contributed by atoms with Crippen molar-refractivity contribution in [2.45, 2.75) is 5.03 Å². The number of carbonyl (C=O) groups excluding carboxylic acids is 1. The van der Waals surface area contributed by atoms with Crippen molar-refractivity contribution in [3.05, 3.63) is 52.2 Å². The van der Waals surface area contributed by atoms with Gasteiger partial charge in [-0.05, 0) is 17.5 Å². The number of hydrogen-bond acceptors (Lipinski definition) is 7. The Bertz CT molecular complexity index is 881. The summed E-state index contributed by atoms with van der Waals surface area (Å²) in [6.07, 6.45) is 1.46. The number of amides is 1. The molecule has 0 aliphatic heterocycles. The monoisotopic (exact) mass is 346 g/mol. The number of rotatable bonds is 5. The third-order valence-electron chi connectivity index (χ3n) is 2.94. The van der Waals surface area contributed by atoms with Gasteiger partial charge >= 0.3 is 0 Å². The van der Waals surface area contributed by atoms with Crippen LogP contribution in [-0.2, 0) is 4.79 Å². The Balaban J connectivity index is 1.69. The van der Waals surface area contributed by atoms with Gasteiger partial charge in [-0.1, -0.05) is 23.9 Å². The van der Waals surface area contributed by atoms with Crippen LogP contribution in [0.3, 0.4) is 0 Å². The second-order valence-electron chi connectivity index (χ2n) is 4.43. The highest BCUT2D eigenvalue weighted by molar-refractivity contribution is 8.00. The van der Waals surface area contributed by atoms with Crippen LogP contribution >= 0.6 is 23.1 Å². The quantitative estimate of drug-likeness (QED) is 0.329. The second kappa shape index (κ2) is 6.71. The molecule has 0 spiro atoms. The molecule has 0 saturated heterocycles. The number of thiophene rings is 1. The fourth-order valence-electron chi connectivity index (χ4n) is 1.94. The molecule has 0 saturated carbocycles. The van der Waals surface area contributed by atoms with Gasteiger partial charge in [0.2, 0.25) is 5.91 Å². The van der Waals surface area contributed by atoms with Crippen LogP contribution in [-0.4, -0.2) is 26.6 Å². The van der Waals surface area contributed by atoms with Gasteiger partial charge in [0.15, 0.2) is 0 Å². The molecule has 7 nitrogen and oxygen atoms in total. The van der Waals surface area contributed by atoms with Gasteiger partial charge in [-0.2, -0.15) is 0 Å². The van der Waals surface area contributed by atoms with Crippen LogP contribution in [0.4, 0.5) is 11.4 Å². The third kappa shape index (κ3) is 3.46. The summed E-state index contributed by atoms with van der Waals surface area (Å²) in [5, 5.41) is 17.0. The lowest BCUT2D eigenvalue weighted by atomic mass is 10.2.